The van der Waals surface area contributed by atoms with Crippen molar-refractivity contribution in [3.05, 3.63) is 65.0 Å². The van der Waals surface area contributed by atoms with Crippen molar-refractivity contribution in [3.8, 4) is 0 Å². The van der Waals surface area contributed by atoms with Gasteiger partial charge in [-0.25, -0.2) is 12.8 Å². The molecule has 0 saturated carbocycles. The Hall–Kier alpha value is -1.94. The van der Waals surface area contributed by atoms with E-state index in [1.165, 1.54) is 23.5 Å². The summed E-state index contributed by atoms with van der Waals surface area (Å²) in [6, 6.07) is 12.3. The molecule has 4 heteroatoms. The quantitative estimate of drug-likeness (QED) is 0.822. The molecule has 0 saturated heterocycles. The van der Waals surface area contributed by atoms with Gasteiger partial charge in [0.2, 0.25) is 0 Å². The van der Waals surface area contributed by atoms with Crippen LogP contribution in [0.2, 0.25) is 0 Å². The smallest absolute Gasteiger partial charge is 0.175 e. The average molecular weight is 330 g/mol. The summed E-state index contributed by atoms with van der Waals surface area (Å²) in [5.74, 6) is -0.189. The molecule has 0 fully saturated rings. The van der Waals surface area contributed by atoms with Crippen LogP contribution >= 0.6 is 0 Å². The number of hydrogen-bond acceptors (Lipinski definition) is 2. The Balaban J connectivity index is 2.04. The SMILES string of the molecule is Cc1cc(C2=C(c3ccc(S(C)(=O)=O)cc3)CCC2)ccc1F. The van der Waals surface area contributed by atoms with E-state index < -0.39 is 9.84 Å². The first-order chi connectivity index (χ1) is 10.9. The lowest BCUT2D eigenvalue weighted by molar-refractivity contribution is 0.602. The van der Waals surface area contributed by atoms with Crippen LogP contribution in [-0.4, -0.2) is 14.7 Å². The number of halogens is 1. The molecule has 3 rings (SSSR count). The van der Waals surface area contributed by atoms with Crippen LogP contribution in [0.15, 0.2) is 47.4 Å². The summed E-state index contributed by atoms with van der Waals surface area (Å²) in [5.41, 5.74) is 5.22. The lowest BCUT2D eigenvalue weighted by Gasteiger charge is -2.10. The number of allylic oxidation sites excluding steroid dienone is 2. The first-order valence-corrected chi connectivity index (χ1v) is 9.54. The van der Waals surface area contributed by atoms with Gasteiger partial charge >= 0.3 is 0 Å². The van der Waals surface area contributed by atoms with Crippen LogP contribution in [0.1, 0.15) is 36.0 Å². The predicted molar refractivity (Wildman–Crippen MR) is 91.4 cm³/mol. The average Bonchev–Trinajstić information content (AvgIpc) is 2.99. The number of aryl methyl sites for hydroxylation is 1. The Bertz CT molecular complexity index is 878. The third-order valence-electron chi connectivity index (χ3n) is 4.36. The molecule has 0 N–H and O–H groups in total. The minimum atomic E-state index is -3.18. The molecule has 1 aliphatic carbocycles. The molecule has 23 heavy (non-hydrogen) atoms. The highest BCUT2D eigenvalue weighted by molar-refractivity contribution is 7.90. The van der Waals surface area contributed by atoms with Gasteiger partial charge in [0.15, 0.2) is 9.84 Å². The lowest BCUT2D eigenvalue weighted by atomic mass is 9.96. The van der Waals surface area contributed by atoms with Gasteiger partial charge in [-0.2, -0.15) is 0 Å². The van der Waals surface area contributed by atoms with E-state index in [2.05, 4.69) is 0 Å². The van der Waals surface area contributed by atoms with Gasteiger partial charge in [-0.3, -0.25) is 0 Å². The molecule has 0 radical (unpaired) electrons. The third-order valence-corrected chi connectivity index (χ3v) is 5.48. The van der Waals surface area contributed by atoms with E-state index in [1.54, 1.807) is 19.1 Å². The standard InChI is InChI=1S/C19H19FO2S/c1-13-12-15(8-11-19(13)20)18-5-3-4-17(18)14-6-9-16(10-7-14)23(2,21)22/h6-12H,3-5H2,1-2H3. The van der Waals surface area contributed by atoms with Gasteiger partial charge < -0.3 is 0 Å². The summed E-state index contributed by atoms with van der Waals surface area (Å²) in [6.45, 7) is 1.77. The highest BCUT2D eigenvalue weighted by Crippen LogP contribution is 2.40. The van der Waals surface area contributed by atoms with Gasteiger partial charge in [0.25, 0.3) is 0 Å². The second-order valence-electron chi connectivity index (χ2n) is 6.07. The van der Waals surface area contributed by atoms with Gasteiger partial charge in [0.05, 0.1) is 4.90 Å². The Morgan fingerprint density at radius 2 is 1.48 bits per heavy atom. The summed E-state index contributed by atoms with van der Waals surface area (Å²) in [4.78, 5) is 0.332. The van der Waals surface area contributed by atoms with Gasteiger partial charge in [-0.05, 0) is 78.3 Å². The Morgan fingerprint density at radius 1 is 0.913 bits per heavy atom. The normalized spacial score (nSPS) is 15.3. The molecule has 2 nitrogen and oxygen atoms in total. The van der Waals surface area contributed by atoms with E-state index >= 15 is 0 Å². The van der Waals surface area contributed by atoms with Crippen molar-refractivity contribution < 1.29 is 12.8 Å². The van der Waals surface area contributed by atoms with Crippen molar-refractivity contribution in [1.29, 1.82) is 0 Å². The number of benzene rings is 2. The molecule has 1 aliphatic rings. The zero-order valence-electron chi connectivity index (χ0n) is 13.3. The summed E-state index contributed by atoms with van der Waals surface area (Å²) in [7, 11) is -3.18. The Morgan fingerprint density at radius 3 is 2.04 bits per heavy atom. The van der Waals surface area contributed by atoms with Crippen molar-refractivity contribution in [2.24, 2.45) is 0 Å². The molecule has 0 amide bonds. The first kappa shape index (κ1) is 15.9. The third kappa shape index (κ3) is 3.22. The maximum atomic E-state index is 13.5. The molecule has 2 aromatic carbocycles. The highest BCUT2D eigenvalue weighted by atomic mass is 32.2. The van der Waals surface area contributed by atoms with E-state index in [0.29, 0.717) is 10.5 Å². The molecule has 2 aromatic rings. The maximum Gasteiger partial charge on any atom is 0.175 e. The molecular weight excluding hydrogens is 311 g/mol. The zero-order chi connectivity index (χ0) is 16.6. The molecule has 120 valence electrons. The monoisotopic (exact) mass is 330 g/mol. The van der Waals surface area contributed by atoms with E-state index in [9.17, 15) is 12.8 Å². The maximum absolute atomic E-state index is 13.5. The second kappa shape index (κ2) is 5.93. The molecule has 0 aromatic heterocycles. The van der Waals surface area contributed by atoms with Crippen molar-refractivity contribution >= 4 is 21.0 Å². The van der Waals surface area contributed by atoms with Gasteiger partial charge in [-0.15, -0.1) is 0 Å². The Labute approximate surface area is 136 Å². The van der Waals surface area contributed by atoms with Crippen LogP contribution in [0.5, 0.6) is 0 Å². The van der Waals surface area contributed by atoms with Crippen LogP contribution in [0.3, 0.4) is 0 Å². The van der Waals surface area contributed by atoms with Crippen molar-refractivity contribution in [2.45, 2.75) is 31.1 Å². The summed E-state index contributed by atoms with van der Waals surface area (Å²) in [5, 5.41) is 0. The predicted octanol–water partition coefficient (Wildman–Crippen LogP) is 4.63. The van der Waals surface area contributed by atoms with E-state index in [1.807, 2.05) is 24.3 Å². The van der Waals surface area contributed by atoms with Crippen molar-refractivity contribution in [1.82, 2.24) is 0 Å². The van der Waals surface area contributed by atoms with Crippen LogP contribution in [-0.2, 0) is 9.84 Å². The topological polar surface area (TPSA) is 34.1 Å². The molecule has 0 atom stereocenters. The second-order valence-corrected chi connectivity index (χ2v) is 8.09. The number of sulfone groups is 1. The molecule has 0 bridgehead atoms. The zero-order valence-corrected chi connectivity index (χ0v) is 14.1. The molecule has 0 aliphatic heterocycles. The molecule has 0 unspecified atom stereocenters. The number of hydrogen-bond donors (Lipinski definition) is 0. The summed E-state index contributed by atoms with van der Waals surface area (Å²) < 4.78 is 36.6. The van der Waals surface area contributed by atoms with Crippen LogP contribution in [0.4, 0.5) is 4.39 Å². The van der Waals surface area contributed by atoms with Gasteiger partial charge in [0, 0.05) is 6.26 Å². The number of rotatable bonds is 3. The van der Waals surface area contributed by atoms with Gasteiger partial charge in [0.1, 0.15) is 5.82 Å². The molecular formula is C19H19FO2S. The fourth-order valence-corrected chi connectivity index (χ4v) is 3.75. The van der Waals surface area contributed by atoms with E-state index in [0.717, 1.165) is 30.4 Å². The van der Waals surface area contributed by atoms with Crippen LogP contribution in [0, 0.1) is 12.7 Å². The van der Waals surface area contributed by atoms with Crippen LogP contribution < -0.4 is 0 Å². The summed E-state index contributed by atoms with van der Waals surface area (Å²) >= 11 is 0. The lowest BCUT2D eigenvalue weighted by Crippen LogP contribution is -1.97. The molecule has 0 spiro atoms. The van der Waals surface area contributed by atoms with Crippen LogP contribution in [0.25, 0.3) is 11.1 Å². The van der Waals surface area contributed by atoms with E-state index in [4.69, 9.17) is 0 Å². The molecule has 0 heterocycles. The minimum absolute atomic E-state index is 0.189. The fourth-order valence-electron chi connectivity index (χ4n) is 3.12. The highest BCUT2D eigenvalue weighted by Gasteiger charge is 2.18. The fraction of sp³-hybridized carbons (Fsp3) is 0.263. The van der Waals surface area contributed by atoms with E-state index in [-0.39, 0.29) is 5.82 Å². The Kier molecular flexibility index (Phi) is 4.11. The minimum Gasteiger partial charge on any atom is -0.224 e. The van der Waals surface area contributed by atoms with Crippen molar-refractivity contribution in [2.75, 3.05) is 6.26 Å². The first-order valence-electron chi connectivity index (χ1n) is 7.65. The largest absolute Gasteiger partial charge is 0.224 e. The summed E-state index contributed by atoms with van der Waals surface area (Å²) in [6.07, 6.45) is 4.21. The van der Waals surface area contributed by atoms with Crippen molar-refractivity contribution in [3.63, 3.8) is 0 Å². The van der Waals surface area contributed by atoms with Gasteiger partial charge in [-0.1, -0.05) is 18.2 Å².